The highest BCUT2D eigenvalue weighted by Gasteiger charge is 2.24. The first kappa shape index (κ1) is 14.1. The number of hydrogen-bond acceptors (Lipinski definition) is 4. The maximum absolute atomic E-state index is 12.2. The van der Waals surface area contributed by atoms with Crippen molar-refractivity contribution in [2.24, 2.45) is 11.7 Å². The van der Waals surface area contributed by atoms with Crippen molar-refractivity contribution < 1.29 is 9.53 Å². The van der Waals surface area contributed by atoms with Crippen molar-refractivity contribution >= 4 is 17.2 Å². The lowest BCUT2D eigenvalue weighted by Gasteiger charge is -2.18. The largest absolute Gasteiger partial charge is 0.381 e. The van der Waals surface area contributed by atoms with Crippen LogP contribution in [-0.2, 0) is 4.74 Å². The predicted molar refractivity (Wildman–Crippen MR) is 76.1 cm³/mol. The molecule has 2 unspecified atom stereocenters. The molecule has 102 valence electrons. The Morgan fingerprint density at radius 1 is 1.74 bits per heavy atom. The Balaban J connectivity index is 2.01. The molecule has 4 nitrogen and oxygen atoms in total. The number of thiophene rings is 1. The molecule has 5 heteroatoms. The summed E-state index contributed by atoms with van der Waals surface area (Å²) in [6.07, 6.45) is 1.01. The van der Waals surface area contributed by atoms with Crippen LogP contribution in [-0.4, -0.2) is 31.7 Å². The molecule has 0 aromatic carbocycles. The van der Waals surface area contributed by atoms with Gasteiger partial charge in [0.15, 0.2) is 0 Å². The minimum atomic E-state index is -0.0595. The molecule has 1 aromatic heterocycles. The van der Waals surface area contributed by atoms with E-state index in [9.17, 15) is 4.79 Å². The maximum atomic E-state index is 12.2. The highest BCUT2D eigenvalue weighted by Crippen LogP contribution is 2.19. The number of rotatable bonds is 3. The molecule has 0 bridgehead atoms. The minimum Gasteiger partial charge on any atom is -0.381 e. The molecule has 1 aliphatic heterocycles. The molecule has 3 N–H and O–H groups in total. The second kappa shape index (κ2) is 6.71. The number of nitrogens with one attached hydrogen (secondary N) is 1. The van der Waals surface area contributed by atoms with Crippen molar-refractivity contribution in [1.82, 2.24) is 5.32 Å². The summed E-state index contributed by atoms with van der Waals surface area (Å²) in [5.74, 6) is 6.05. The third-order valence-corrected chi connectivity index (χ3v) is 4.14. The lowest BCUT2D eigenvalue weighted by molar-refractivity contribution is 0.0926. The van der Waals surface area contributed by atoms with Crippen molar-refractivity contribution in [2.75, 3.05) is 19.8 Å². The summed E-state index contributed by atoms with van der Waals surface area (Å²) < 4.78 is 5.34. The van der Waals surface area contributed by atoms with Crippen LogP contribution in [0.15, 0.2) is 11.4 Å². The Bertz CT molecular complexity index is 495. The Morgan fingerprint density at radius 2 is 2.58 bits per heavy atom. The second-order valence-corrected chi connectivity index (χ2v) is 5.47. The van der Waals surface area contributed by atoms with E-state index in [-0.39, 0.29) is 11.9 Å². The zero-order valence-electron chi connectivity index (χ0n) is 10.9. The fourth-order valence-electron chi connectivity index (χ4n) is 2.07. The Labute approximate surface area is 117 Å². The van der Waals surface area contributed by atoms with Crippen molar-refractivity contribution in [3.05, 3.63) is 21.9 Å². The van der Waals surface area contributed by atoms with Gasteiger partial charge in [-0.1, -0.05) is 11.8 Å². The van der Waals surface area contributed by atoms with Crippen LogP contribution in [0.5, 0.6) is 0 Å². The zero-order valence-corrected chi connectivity index (χ0v) is 11.8. The lowest BCUT2D eigenvalue weighted by Crippen LogP contribution is -2.38. The van der Waals surface area contributed by atoms with E-state index < -0.39 is 0 Å². The smallest absolute Gasteiger partial charge is 0.262 e. The molecule has 19 heavy (non-hydrogen) atoms. The van der Waals surface area contributed by atoms with E-state index >= 15 is 0 Å². The van der Waals surface area contributed by atoms with Crippen LogP contribution in [0.25, 0.3) is 0 Å². The number of hydrogen-bond donors (Lipinski definition) is 2. The molecule has 2 heterocycles. The molecule has 0 aliphatic carbocycles. The van der Waals surface area contributed by atoms with E-state index in [1.54, 1.807) is 0 Å². The van der Waals surface area contributed by atoms with Crippen LogP contribution >= 0.6 is 11.3 Å². The normalized spacial score (nSPS) is 19.6. The number of ether oxygens (including phenoxy) is 1. The summed E-state index contributed by atoms with van der Waals surface area (Å²) in [6.45, 7) is 3.84. The van der Waals surface area contributed by atoms with Crippen LogP contribution in [0.3, 0.4) is 0 Å². The van der Waals surface area contributed by atoms with Gasteiger partial charge in [-0.05, 0) is 24.8 Å². The minimum absolute atomic E-state index is 0.0595. The molecule has 1 aliphatic rings. The van der Waals surface area contributed by atoms with Gasteiger partial charge in [0.1, 0.15) is 4.88 Å². The molecule has 1 saturated heterocycles. The molecule has 0 radical (unpaired) electrons. The van der Waals surface area contributed by atoms with Gasteiger partial charge in [0.2, 0.25) is 0 Å². The molecule has 2 atom stereocenters. The van der Waals surface area contributed by atoms with Gasteiger partial charge in [0.25, 0.3) is 5.91 Å². The summed E-state index contributed by atoms with van der Waals surface area (Å²) in [5.41, 5.74) is 6.10. The van der Waals surface area contributed by atoms with Crippen LogP contribution in [0.2, 0.25) is 0 Å². The molecule has 0 saturated carbocycles. The molecular weight excluding hydrogens is 260 g/mol. The van der Waals surface area contributed by atoms with Crippen LogP contribution in [0.4, 0.5) is 0 Å². The van der Waals surface area contributed by atoms with Gasteiger partial charge < -0.3 is 15.8 Å². The quantitative estimate of drug-likeness (QED) is 0.817. The average molecular weight is 278 g/mol. The lowest BCUT2D eigenvalue weighted by atomic mass is 10.0. The summed E-state index contributed by atoms with van der Waals surface area (Å²) >= 11 is 1.41. The molecule has 1 amide bonds. The third-order valence-electron chi connectivity index (χ3n) is 3.23. The van der Waals surface area contributed by atoms with E-state index in [0.717, 1.165) is 25.2 Å². The fourth-order valence-corrected chi connectivity index (χ4v) is 2.82. The topological polar surface area (TPSA) is 64.4 Å². The van der Waals surface area contributed by atoms with E-state index in [0.29, 0.717) is 17.3 Å². The van der Waals surface area contributed by atoms with E-state index in [1.165, 1.54) is 11.3 Å². The molecular formula is C14H18N2O2S. The Morgan fingerprint density at radius 3 is 3.26 bits per heavy atom. The molecule has 1 fully saturated rings. The van der Waals surface area contributed by atoms with Gasteiger partial charge in [-0.15, -0.1) is 11.3 Å². The molecule has 1 aromatic rings. The molecule has 2 rings (SSSR count). The van der Waals surface area contributed by atoms with Gasteiger partial charge in [-0.25, -0.2) is 0 Å². The van der Waals surface area contributed by atoms with Crippen molar-refractivity contribution in [1.29, 1.82) is 0 Å². The van der Waals surface area contributed by atoms with Gasteiger partial charge in [0, 0.05) is 24.1 Å². The Kier molecular flexibility index (Phi) is 4.97. The standard InChI is InChI=1S/C14H18N2O2S/c1-10(12-4-7-18-9-12)16-14(17)13-11(3-2-6-15)5-8-19-13/h5,8,10,12H,4,6-7,9,15H2,1H3,(H,16,17). The van der Waals surface area contributed by atoms with E-state index in [2.05, 4.69) is 17.2 Å². The van der Waals surface area contributed by atoms with E-state index in [1.807, 2.05) is 18.4 Å². The SMILES string of the molecule is CC(NC(=O)c1sccc1C#CCN)C1CCOC1. The number of carbonyl (C=O) groups excluding carboxylic acids is 1. The summed E-state index contributed by atoms with van der Waals surface area (Å²) in [7, 11) is 0. The van der Waals surface area contributed by atoms with E-state index in [4.69, 9.17) is 10.5 Å². The van der Waals surface area contributed by atoms with Crippen LogP contribution < -0.4 is 11.1 Å². The van der Waals surface area contributed by atoms with Crippen LogP contribution in [0.1, 0.15) is 28.6 Å². The second-order valence-electron chi connectivity index (χ2n) is 4.56. The highest BCUT2D eigenvalue weighted by molar-refractivity contribution is 7.12. The zero-order chi connectivity index (χ0) is 13.7. The van der Waals surface area contributed by atoms with Crippen molar-refractivity contribution in [3.8, 4) is 11.8 Å². The van der Waals surface area contributed by atoms with Gasteiger partial charge in [-0.3, -0.25) is 4.79 Å². The first-order valence-corrected chi connectivity index (χ1v) is 7.25. The van der Waals surface area contributed by atoms with Gasteiger partial charge in [-0.2, -0.15) is 0 Å². The van der Waals surface area contributed by atoms with Crippen LogP contribution in [0, 0.1) is 17.8 Å². The summed E-state index contributed by atoms with van der Waals surface area (Å²) in [6, 6.07) is 1.97. The summed E-state index contributed by atoms with van der Waals surface area (Å²) in [4.78, 5) is 12.9. The molecule has 0 spiro atoms. The van der Waals surface area contributed by atoms with Crippen molar-refractivity contribution in [3.63, 3.8) is 0 Å². The monoisotopic (exact) mass is 278 g/mol. The van der Waals surface area contributed by atoms with Gasteiger partial charge in [0.05, 0.1) is 13.2 Å². The number of carbonyl (C=O) groups is 1. The number of nitrogens with two attached hydrogens (primary N) is 1. The summed E-state index contributed by atoms with van der Waals surface area (Å²) in [5, 5.41) is 4.91. The highest BCUT2D eigenvalue weighted by atomic mass is 32.1. The predicted octanol–water partition coefficient (Wildman–Crippen LogP) is 1.21. The first-order chi connectivity index (χ1) is 9.22. The number of amides is 1. The third kappa shape index (κ3) is 3.57. The Hall–Kier alpha value is -1.35. The fraction of sp³-hybridized carbons (Fsp3) is 0.500. The average Bonchev–Trinajstić information content (AvgIpc) is 3.07. The maximum Gasteiger partial charge on any atom is 0.262 e. The van der Waals surface area contributed by atoms with Gasteiger partial charge >= 0.3 is 0 Å². The first-order valence-electron chi connectivity index (χ1n) is 6.37. The van der Waals surface area contributed by atoms with Crippen molar-refractivity contribution in [2.45, 2.75) is 19.4 Å².